The summed E-state index contributed by atoms with van der Waals surface area (Å²) < 4.78 is 0. The molecule has 0 unspecified atom stereocenters. The molecular formula is C15H9Cl3O2. The minimum Gasteiger partial charge on any atom is -0.478 e. The van der Waals surface area contributed by atoms with Crippen molar-refractivity contribution in [1.82, 2.24) is 0 Å². The number of aliphatic carboxylic acids is 1. The van der Waals surface area contributed by atoms with E-state index in [-0.39, 0.29) is 5.57 Å². The lowest BCUT2D eigenvalue weighted by Gasteiger charge is -2.06. The summed E-state index contributed by atoms with van der Waals surface area (Å²) in [5.41, 5.74) is 1.09. The molecule has 0 aliphatic heterocycles. The smallest absolute Gasteiger partial charge is 0.336 e. The lowest BCUT2D eigenvalue weighted by Crippen LogP contribution is -2.00. The molecule has 0 heterocycles. The molecule has 20 heavy (non-hydrogen) atoms. The molecule has 0 saturated heterocycles. The molecule has 2 aromatic rings. The molecule has 2 rings (SSSR count). The van der Waals surface area contributed by atoms with Crippen LogP contribution < -0.4 is 0 Å². The summed E-state index contributed by atoms with van der Waals surface area (Å²) >= 11 is 17.8. The third-order valence-corrected chi connectivity index (χ3v) is 3.41. The van der Waals surface area contributed by atoms with Crippen molar-refractivity contribution in [2.24, 2.45) is 0 Å². The van der Waals surface area contributed by atoms with Crippen LogP contribution in [-0.2, 0) is 4.79 Å². The highest BCUT2D eigenvalue weighted by Gasteiger charge is 2.14. The van der Waals surface area contributed by atoms with Crippen molar-refractivity contribution >= 4 is 52.4 Å². The van der Waals surface area contributed by atoms with Gasteiger partial charge in [-0.05, 0) is 42.0 Å². The Labute approximate surface area is 131 Å². The molecule has 0 amide bonds. The van der Waals surface area contributed by atoms with Gasteiger partial charge in [0.2, 0.25) is 0 Å². The van der Waals surface area contributed by atoms with E-state index in [1.807, 2.05) is 0 Å². The highest BCUT2D eigenvalue weighted by atomic mass is 35.5. The highest BCUT2D eigenvalue weighted by Crippen LogP contribution is 2.29. The van der Waals surface area contributed by atoms with E-state index in [0.29, 0.717) is 26.2 Å². The summed E-state index contributed by atoms with van der Waals surface area (Å²) in [7, 11) is 0. The first-order valence-corrected chi connectivity index (χ1v) is 6.77. The predicted octanol–water partition coefficient (Wildman–Crippen LogP) is 5.27. The molecule has 0 fully saturated rings. The van der Waals surface area contributed by atoms with Gasteiger partial charge < -0.3 is 5.11 Å². The molecule has 0 radical (unpaired) electrons. The van der Waals surface area contributed by atoms with Crippen LogP contribution in [0.15, 0.2) is 42.5 Å². The second kappa shape index (κ2) is 6.31. The monoisotopic (exact) mass is 326 g/mol. The lowest BCUT2D eigenvalue weighted by molar-refractivity contribution is -0.130. The van der Waals surface area contributed by atoms with Gasteiger partial charge in [0.1, 0.15) is 0 Å². The largest absolute Gasteiger partial charge is 0.478 e. The van der Waals surface area contributed by atoms with Crippen LogP contribution in [0.1, 0.15) is 11.1 Å². The van der Waals surface area contributed by atoms with Crippen LogP contribution in [0, 0.1) is 0 Å². The van der Waals surface area contributed by atoms with E-state index < -0.39 is 5.97 Å². The van der Waals surface area contributed by atoms with Gasteiger partial charge in [-0.15, -0.1) is 0 Å². The molecule has 5 heteroatoms. The summed E-state index contributed by atoms with van der Waals surface area (Å²) in [6, 6.07) is 11.6. The number of rotatable bonds is 3. The molecule has 1 N–H and O–H groups in total. The molecule has 0 aromatic heterocycles. The molecular weight excluding hydrogens is 319 g/mol. The highest BCUT2D eigenvalue weighted by molar-refractivity contribution is 6.37. The third kappa shape index (κ3) is 3.54. The fourth-order valence-electron chi connectivity index (χ4n) is 1.72. The van der Waals surface area contributed by atoms with Crippen molar-refractivity contribution in [3.63, 3.8) is 0 Å². The average molecular weight is 328 g/mol. The summed E-state index contributed by atoms with van der Waals surface area (Å²) in [6.45, 7) is 0. The van der Waals surface area contributed by atoms with Crippen LogP contribution in [0.4, 0.5) is 0 Å². The van der Waals surface area contributed by atoms with Crippen LogP contribution in [0.2, 0.25) is 15.1 Å². The Morgan fingerprint density at radius 2 is 1.70 bits per heavy atom. The lowest BCUT2D eigenvalue weighted by atomic mass is 10.0. The number of hydrogen-bond acceptors (Lipinski definition) is 1. The van der Waals surface area contributed by atoms with E-state index in [0.717, 1.165) is 0 Å². The standard InChI is InChI=1S/C15H9Cl3O2/c16-10-3-1-2-9(6-10)7-13(15(19)20)12-8-11(17)4-5-14(12)18/h1-8H,(H,19,20)/b13-7-. The molecule has 102 valence electrons. The third-order valence-electron chi connectivity index (χ3n) is 2.61. The molecule has 0 atom stereocenters. The van der Waals surface area contributed by atoms with E-state index in [2.05, 4.69) is 0 Å². The number of halogens is 3. The Morgan fingerprint density at radius 3 is 2.35 bits per heavy atom. The van der Waals surface area contributed by atoms with Gasteiger partial charge >= 0.3 is 5.97 Å². The van der Waals surface area contributed by atoms with Crippen LogP contribution >= 0.6 is 34.8 Å². The Morgan fingerprint density at radius 1 is 1.00 bits per heavy atom. The van der Waals surface area contributed by atoms with Crippen LogP contribution in [0.25, 0.3) is 11.6 Å². The molecule has 0 aliphatic rings. The SMILES string of the molecule is O=C(O)/C(=C\c1cccc(Cl)c1)c1cc(Cl)ccc1Cl. The van der Waals surface area contributed by atoms with Gasteiger partial charge in [-0.25, -0.2) is 4.79 Å². The molecule has 0 aliphatic carbocycles. The van der Waals surface area contributed by atoms with E-state index >= 15 is 0 Å². The normalized spacial score (nSPS) is 11.4. The Bertz CT molecular complexity index is 693. The maximum atomic E-state index is 11.4. The molecule has 2 nitrogen and oxygen atoms in total. The first kappa shape index (κ1) is 14.9. The van der Waals surface area contributed by atoms with Gasteiger partial charge in [-0.3, -0.25) is 0 Å². The number of carboxylic acids is 1. The van der Waals surface area contributed by atoms with E-state index in [1.54, 1.807) is 36.4 Å². The van der Waals surface area contributed by atoms with Gasteiger partial charge in [-0.2, -0.15) is 0 Å². The Kier molecular flexibility index (Phi) is 4.71. The Hall–Kier alpha value is -1.48. The van der Waals surface area contributed by atoms with E-state index in [4.69, 9.17) is 34.8 Å². The number of carboxylic acid groups (broad SMARTS) is 1. The number of benzene rings is 2. The van der Waals surface area contributed by atoms with E-state index in [1.165, 1.54) is 12.1 Å². The maximum Gasteiger partial charge on any atom is 0.336 e. The first-order valence-electron chi connectivity index (χ1n) is 5.63. The van der Waals surface area contributed by atoms with Crippen molar-refractivity contribution in [1.29, 1.82) is 0 Å². The van der Waals surface area contributed by atoms with Gasteiger partial charge in [0.15, 0.2) is 0 Å². The summed E-state index contributed by atoms with van der Waals surface area (Å²) in [5.74, 6) is -1.09. The first-order chi connectivity index (χ1) is 9.47. The van der Waals surface area contributed by atoms with Gasteiger partial charge in [0.05, 0.1) is 5.57 Å². The molecule has 2 aromatic carbocycles. The minimum absolute atomic E-state index is 0.0553. The number of carbonyl (C=O) groups is 1. The van der Waals surface area contributed by atoms with Gasteiger partial charge in [-0.1, -0.05) is 46.9 Å². The zero-order valence-electron chi connectivity index (χ0n) is 10.1. The summed E-state index contributed by atoms with van der Waals surface area (Å²) in [5, 5.41) is 10.6. The minimum atomic E-state index is -1.09. The quantitative estimate of drug-likeness (QED) is 0.616. The zero-order chi connectivity index (χ0) is 14.7. The predicted molar refractivity (Wildman–Crippen MR) is 83.4 cm³/mol. The van der Waals surface area contributed by atoms with Crippen molar-refractivity contribution < 1.29 is 9.90 Å². The van der Waals surface area contributed by atoms with Crippen molar-refractivity contribution in [2.45, 2.75) is 0 Å². The Balaban J connectivity index is 2.57. The number of hydrogen-bond donors (Lipinski definition) is 1. The fraction of sp³-hybridized carbons (Fsp3) is 0. The summed E-state index contributed by atoms with van der Waals surface area (Å²) in [4.78, 5) is 11.4. The van der Waals surface area contributed by atoms with Crippen LogP contribution in [-0.4, -0.2) is 11.1 Å². The molecule has 0 spiro atoms. The average Bonchev–Trinajstić information content (AvgIpc) is 2.39. The zero-order valence-corrected chi connectivity index (χ0v) is 12.4. The van der Waals surface area contributed by atoms with Crippen molar-refractivity contribution in [3.8, 4) is 0 Å². The molecule has 0 saturated carbocycles. The van der Waals surface area contributed by atoms with Crippen molar-refractivity contribution in [3.05, 3.63) is 68.7 Å². The summed E-state index contributed by atoms with van der Waals surface area (Å²) in [6.07, 6.45) is 1.51. The van der Waals surface area contributed by atoms with Crippen LogP contribution in [0.5, 0.6) is 0 Å². The maximum absolute atomic E-state index is 11.4. The molecule has 0 bridgehead atoms. The van der Waals surface area contributed by atoms with Gasteiger partial charge in [0, 0.05) is 20.6 Å². The fourth-order valence-corrected chi connectivity index (χ4v) is 2.31. The second-order valence-electron chi connectivity index (χ2n) is 4.04. The van der Waals surface area contributed by atoms with Gasteiger partial charge in [0.25, 0.3) is 0 Å². The van der Waals surface area contributed by atoms with Crippen LogP contribution in [0.3, 0.4) is 0 Å². The van der Waals surface area contributed by atoms with E-state index in [9.17, 15) is 9.90 Å². The topological polar surface area (TPSA) is 37.3 Å². The second-order valence-corrected chi connectivity index (χ2v) is 5.32. The van der Waals surface area contributed by atoms with Crippen molar-refractivity contribution in [2.75, 3.05) is 0 Å².